The van der Waals surface area contributed by atoms with E-state index in [1.165, 1.54) is 12.1 Å². The van der Waals surface area contributed by atoms with Gasteiger partial charge in [0, 0.05) is 38.0 Å². The van der Waals surface area contributed by atoms with Gasteiger partial charge < -0.3 is 14.8 Å². The van der Waals surface area contributed by atoms with Crippen LogP contribution in [-0.2, 0) is 12.4 Å². The normalized spacial score (nSPS) is 20.4. The van der Waals surface area contributed by atoms with Gasteiger partial charge in [0.25, 0.3) is 5.91 Å². The number of likely N-dealkylation sites (tertiary alicyclic amines) is 1. The number of halogens is 7. The zero-order valence-corrected chi connectivity index (χ0v) is 22.6. The van der Waals surface area contributed by atoms with Crippen molar-refractivity contribution in [3.8, 4) is 0 Å². The number of anilines is 1. The van der Waals surface area contributed by atoms with Gasteiger partial charge in [0.15, 0.2) is 0 Å². The minimum atomic E-state index is -4.60. The Morgan fingerprint density at radius 3 is 2.22 bits per heavy atom. The molecule has 8 nitrogen and oxygen atoms in total. The molecule has 1 aliphatic carbocycles. The first-order chi connectivity index (χ1) is 19.0. The highest BCUT2D eigenvalue weighted by Crippen LogP contribution is 2.44. The number of nitrogens with zero attached hydrogens (tertiary/aromatic N) is 6. The van der Waals surface area contributed by atoms with Crippen LogP contribution in [0.25, 0.3) is 0 Å². The summed E-state index contributed by atoms with van der Waals surface area (Å²) in [6.45, 7) is 1.45. The van der Waals surface area contributed by atoms with E-state index in [2.05, 4.69) is 20.3 Å². The lowest BCUT2D eigenvalue weighted by atomic mass is 9.93. The molecule has 0 radical (unpaired) electrons. The molecule has 4 heterocycles. The second kappa shape index (κ2) is 10.8. The van der Waals surface area contributed by atoms with E-state index >= 15 is 0 Å². The highest BCUT2D eigenvalue weighted by molar-refractivity contribution is 5.95. The van der Waals surface area contributed by atoms with Crippen LogP contribution in [0.2, 0.25) is 0 Å². The topological polar surface area (TPSA) is 82.9 Å². The van der Waals surface area contributed by atoms with Crippen LogP contribution in [-0.4, -0.2) is 61.9 Å². The number of aromatic amines is 1. The molecule has 1 aromatic carbocycles. The fourth-order valence-corrected chi connectivity index (χ4v) is 5.92. The highest BCUT2D eigenvalue weighted by atomic mass is 35.5. The molecule has 2 aromatic heterocycles. The summed E-state index contributed by atoms with van der Waals surface area (Å²) in [5.41, 5.74) is 0.887. The smallest absolute Gasteiger partial charge is 0.341 e. The average molecular weight is 604 g/mol. The van der Waals surface area contributed by atoms with Gasteiger partial charge in [0.1, 0.15) is 0 Å². The van der Waals surface area contributed by atoms with E-state index < -0.39 is 29.7 Å². The minimum Gasteiger partial charge on any atom is -0.341 e. The van der Waals surface area contributed by atoms with Crippen molar-refractivity contribution in [3.05, 3.63) is 58.7 Å². The van der Waals surface area contributed by atoms with Crippen molar-refractivity contribution in [2.45, 2.75) is 62.3 Å². The van der Waals surface area contributed by atoms with Crippen LogP contribution < -0.4 is 4.90 Å². The molecule has 2 aliphatic heterocycles. The molecule has 2 saturated heterocycles. The lowest BCUT2D eigenvalue weighted by Gasteiger charge is -2.32. The Morgan fingerprint density at radius 2 is 1.59 bits per heavy atom. The van der Waals surface area contributed by atoms with Gasteiger partial charge >= 0.3 is 12.4 Å². The molecule has 15 heteroatoms. The molecule has 3 aromatic rings. The molecular formula is C26H28ClF6N7O. The van der Waals surface area contributed by atoms with Gasteiger partial charge in [-0.25, -0.2) is 0 Å². The number of alkyl halides is 6. The zero-order valence-electron chi connectivity index (χ0n) is 21.8. The monoisotopic (exact) mass is 603 g/mol. The number of rotatable bonds is 5. The van der Waals surface area contributed by atoms with Crippen LogP contribution in [0.1, 0.15) is 83.0 Å². The lowest BCUT2D eigenvalue weighted by Crippen LogP contribution is -2.36. The molecule has 1 atom stereocenters. The van der Waals surface area contributed by atoms with Crippen LogP contribution in [0.5, 0.6) is 0 Å². The number of nitrogens with one attached hydrogen (secondary N) is 1. The van der Waals surface area contributed by atoms with Crippen molar-refractivity contribution in [3.63, 3.8) is 0 Å². The number of amides is 1. The Bertz CT molecular complexity index is 1390. The molecule has 3 aliphatic rings. The van der Waals surface area contributed by atoms with E-state index in [4.69, 9.17) is 0 Å². The summed E-state index contributed by atoms with van der Waals surface area (Å²) in [6.07, 6.45) is -4.02. The summed E-state index contributed by atoms with van der Waals surface area (Å²) in [5, 5.41) is 11.4. The number of hydrogen-bond acceptors (Lipinski definition) is 5. The quantitative estimate of drug-likeness (QED) is 0.372. The minimum absolute atomic E-state index is 0. The van der Waals surface area contributed by atoms with Crippen LogP contribution >= 0.6 is 12.4 Å². The predicted molar refractivity (Wildman–Crippen MR) is 138 cm³/mol. The molecule has 222 valence electrons. The molecule has 1 saturated carbocycles. The maximum atomic E-state index is 13.6. The number of benzene rings is 1. The Balaban J connectivity index is 0.00000337. The largest absolute Gasteiger partial charge is 0.451 e. The number of carbonyl (C=O) groups is 1. The van der Waals surface area contributed by atoms with Crippen LogP contribution in [0, 0.1) is 0 Å². The average Bonchev–Trinajstić information content (AvgIpc) is 3.32. The molecule has 3 fully saturated rings. The fraction of sp³-hybridized carbons (Fsp3) is 0.538. The van der Waals surface area contributed by atoms with Gasteiger partial charge in [0.2, 0.25) is 11.8 Å². The van der Waals surface area contributed by atoms with Crippen LogP contribution in [0.3, 0.4) is 0 Å². The van der Waals surface area contributed by atoms with Gasteiger partial charge in [-0.05, 0) is 43.7 Å². The molecule has 6 rings (SSSR count). The fourth-order valence-electron chi connectivity index (χ4n) is 5.92. The maximum Gasteiger partial charge on any atom is 0.451 e. The van der Waals surface area contributed by atoms with E-state index in [9.17, 15) is 31.1 Å². The van der Waals surface area contributed by atoms with Crippen molar-refractivity contribution >= 4 is 24.3 Å². The number of carbonyl (C=O) groups excluding carboxylic acids is 1. The first kappa shape index (κ1) is 29.2. The van der Waals surface area contributed by atoms with Gasteiger partial charge in [-0.1, -0.05) is 18.2 Å². The number of piperidine rings is 1. The number of aromatic nitrogens is 5. The molecule has 0 unspecified atom stereocenters. The maximum absolute atomic E-state index is 13.6. The van der Waals surface area contributed by atoms with Crippen molar-refractivity contribution in [2.75, 3.05) is 31.1 Å². The number of hydrogen-bond donors (Lipinski definition) is 1. The Labute approximate surface area is 237 Å². The van der Waals surface area contributed by atoms with Crippen molar-refractivity contribution in [1.82, 2.24) is 29.9 Å². The van der Waals surface area contributed by atoms with Gasteiger partial charge in [-0.15, -0.1) is 22.6 Å². The highest BCUT2D eigenvalue weighted by Gasteiger charge is 2.41. The molecular weight excluding hydrogens is 576 g/mol. The van der Waals surface area contributed by atoms with E-state index in [1.54, 1.807) is 22.1 Å². The first-order valence-corrected chi connectivity index (χ1v) is 13.3. The number of H-pyrrole nitrogens is 1. The predicted octanol–water partition coefficient (Wildman–Crippen LogP) is 5.81. The van der Waals surface area contributed by atoms with Crippen molar-refractivity contribution < 1.29 is 31.1 Å². The van der Waals surface area contributed by atoms with E-state index in [-0.39, 0.29) is 48.3 Å². The van der Waals surface area contributed by atoms with Crippen molar-refractivity contribution in [1.29, 1.82) is 0 Å². The summed E-state index contributed by atoms with van der Waals surface area (Å²) in [7, 11) is 0. The first-order valence-electron chi connectivity index (χ1n) is 13.3. The molecule has 1 amide bonds. The third-order valence-electron chi connectivity index (χ3n) is 8.06. The molecule has 0 spiro atoms. The zero-order chi connectivity index (χ0) is 28.2. The van der Waals surface area contributed by atoms with Gasteiger partial charge in [0.05, 0.1) is 29.1 Å². The van der Waals surface area contributed by atoms with Crippen molar-refractivity contribution in [2.24, 2.45) is 0 Å². The second-order valence-corrected chi connectivity index (χ2v) is 10.7. The SMILES string of the molecule is Cl.O=C(c1cnn(C2CCN(c3nnc(C(F)(F)F)[nH]3)CC2)c1C1CC1)N1CC[C@@H](c2ccccc2C(F)(F)F)C1. The Hall–Kier alpha value is -3.29. The van der Waals surface area contributed by atoms with Crippen LogP contribution in [0.4, 0.5) is 32.3 Å². The molecule has 0 bridgehead atoms. The van der Waals surface area contributed by atoms with Gasteiger partial charge in [-0.3, -0.25) is 9.48 Å². The summed E-state index contributed by atoms with van der Waals surface area (Å²) in [5.74, 6) is -1.51. The summed E-state index contributed by atoms with van der Waals surface area (Å²) >= 11 is 0. The summed E-state index contributed by atoms with van der Waals surface area (Å²) in [4.78, 5) is 19.2. The van der Waals surface area contributed by atoms with Crippen LogP contribution in [0.15, 0.2) is 30.5 Å². The second-order valence-electron chi connectivity index (χ2n) is 10.7. The Kier molecular flexibility index (Phi) is 7.72. The standard InChI is InChI=1S/C26H27F6N7O.ClH/c27-25(28,29)20-4-2-1-3-18(20)16-7-10-38(14-16)22(40)19-13-33-39(21(19)15-5-6-15)17-8-11-37(12-9-17)24-34-23(35-36-24)26(30,31)32;/h1-4,13,15-17H,5-12,14H2,(H,34,35,36);1H/t16-;/m1./s1. The summed E-state index contributed by atoms with van der Waals surface area (Å²) < 4.78 is 81.3. The van der Waals surface area contributed by atoms with E-state index in [0.717, 1.165) is 24.6 Å². The van der Waals surface area contributed by atoms with Gasteiger partial charge in [-0.2, -0.15) is 31.4 Å². The van der Waals surface area contributed by atoms with E-state index in [1.807, 2.05) is 4.68 Å². The lowest BCUT2D eigenvalue weighted by molar-refractivity contribution is -0.144. The summed E-state index contributed by atoms with van der Waals surface area (Å²) in [6, 6.07) is 5.49. The third kappa shape index (κ3) is 5.75. The molecule has 1 N–H and O–H groups in total. The Morgan fingerprint density at radius 1 is 0.878 bits per heavy atom. The molecule has 41 heavy (non-hydrogen) atoms. The third-order valence-corrected chi connectivity index (χ3v) is 8.06. The van der Waals surface area contributed by atoms with E-state index in [0.29, 0.717) is 44.5 Å².